The molecule has 1 aliphatic rings. The lowest BCUT2D eigenvalue weighted by Crippen LogP contribution is -2.42. The van der Waals surface area contributed by atoms with Gasteiger partial charge in [-0.05, 0) is 20.3 Å². The Hall–Kier alpha value is -2.07. The monoisotopic (exact) mass is 412 g/mol. The van der Waals surface area contributed by atoms with Gasteiger partial charge in [0.15, 0.2) is 11.5 Å². The minimum Gasteiger partial charge on any atom is -0.468 e. The van der Waals surface area contributed by atoms with E-state index in [1.54, 1.807) is 22.5 Å². The smallest absolute Gasteiger partial charge is 0.323 e. The molecule has 3 rings (SSSR count). The van der Waals surface area contributed by atoms with Crippen LogP contribution in [0.4, 0.5) is 5.82 Å². The number of ether oxygens (including phenoxy) is 2. The predicted octanol–water partition coefficient (Wildman–Crippen LogP) is 1.25. The average Bonchev–Trinajstić information content (AvgIpc) is 3.10. The van der Waals surface area contributed by atoms with E-state index in [-0.39, 0.29) is 12.5 Å². The van der Waals surface area contributed by atoms with Crippen molar-refractivity contribution in [3.8, 4) is 0 Å². The van der Waals surface area contributed by atoms with Crippen LogP contribution in [0.1, 0.15) is 20.3 Å². The van der Waals surface area contributed by atoms with Crippen molar-refractivity contribution in [3.05, 3.63) is 12.7 Å². The number of aromatic nitrogens is 4. The Morgan fingerprint density at radius 2 is 2.18 bits per heavy atom. The van der Waals surface area contributed by atoms with Crippen LogP contribution in [-0.4, -0.2) is 68.9 Å². The number of nitrogen functional groups attached to an aromatic ring is 1. The molecule has 3 heterocycles. The highest BCUT2D eigenvalue weighted by molar-refractivity contribution is 7.56. The van der Waals surface area contributed by atoms with E-state index >= 15 is 0 Å². The number of carbonyl (C=O) groups excluding carboxylic acids is 1. The largest absolute Gasteiger partial charge is 0.468 e. The molecule has 2 N–H and O–H groups in total. The molecule has 0 aromatic carbocycles. The van der Waals surface area contributed by atoms with Crippen LogP contribution in [0.15, 0.2) is 12.7 Å². The molecule has 0 unspecified atom stereocenters. The van der Waals surface area contributed by atoms with Gasteiger partial charge in [0.25, 0.3) is 7.52 Å². The zero-order valence-electron chi connectivity index (χ0n) is 16.1. The summed E-state index contributed by atoms with van der Waals surface area (Å²) in [6.07, 6.45) is 3.24. The molecule has 0 aliphatic carbocycles. The summed E-state index contributed by atoms with van der Waals surface area (Å²) in [4.78, 5) is 24.2. The second kappa shape index (κ2) is 8.52. The topological polar surface area (TPSA) is 135 Å². The van der Waals surface area contributed by atoms with Crippen molar-refractivity contribution in [1.29, 1.82) is 0 Å². The van der Waals surface area contributed by atoms with E-state index in [0.29, 0.717) is 43.1 Å². The second-order valence-electron chi connectivity index (χ2n) is 6.62. The number of methoxy groups -OCH3 is 1. The van der Waals surface area contributed by atoms with Crippen molar-refractivity contribution >= 4 is 30.5 Å². The molecule has 0 bridgehead atoms. The number of fused-ring (bicyclic) bond motifs is 1. The first kappa shape index (κ1) is 20.7. The van der Waals surface area contributed by atoms with Crippen molar-refractivity contribution in [2.24, 2.45) is 0 Å². The predicted molar refractivity (Wildman–Crippen MR) is 102 cm³/mol. The fraction of sp³-hybridized carbons (Fsp3) is 0.625. The summed E-state index contributed by atoms with van der Waals surface area (Å²) < 4.78 is 32.8. The van der Waals surface area contributed by atoms with E-state index in [4.69, 9.17) is 19.7 Å². The van der Waals surface area contributed by atoms with Crippen LogP contribution in [0.25, 0.3) is 11.2 Å². The molecule has 1 saturated heterocycles. The lowest BCUT2D eigenvalue weighted by atomic mass is 10.3. The summed E-state index contributed by atoms with van der Waals surface area (Å²) in [5, 5.41) is 0. The molecule has 2 aromatic heterocycles. The highest BCUT2D eigenvalue weighted by atomic mass is 31.2. The summed E-state index contributed by atoms with van der Waals surface area (Å²) in [5.41, 5.74) is 6.92. The standard InChI is InChI=1S/C16H25N6O5P/c1-11(7-21-9-20-13-14(17)18-8-19-15(13)21)26-10-28(24)22(5-4-6-27-28)12(2)16(23)25-3/h8-9,11-12H,4-7,10H2,1-3H3,(H2,17,18,19)/t11-,12+,28-/m1/s1. The molecule has 0 saturated carbocycles. The average molecular weight is 412 g/mol. The molecule has 28 heavy (non-hydrogen) atoms. The van der Waals surface area contributed by atoms with E-state index in [2.05, 4.69) is 15.0 Å². The number of nitrogens with two attached hydrogens (primary N) is 1. The van der Waals surface area contributed by atoms with Crippen LogP contribution in [0.3, 0.4) is 0 Å². The highest BCUT2D eigenvalue weighted by Gasteiger charge is 2.41. The third-order valence-corrected chi connectivity index (χ3v) is 7.00. The van der Waals surface area contributed by atoms with Crippen LogP contribution in [0.2, 0.25) is 0 Å². The molecule has 0 radical (unpaired) electrons. The summed E-state index contributed by atoms with van der Waals surface area (Å²) in [6, 6.07) is -0.674. The summed E-state index contributed by atoms with van der Waals surface area (Å²) in [5.74, 6) is -0.147. The quantitative estimate of drug-likeness (QED) is 0.523. The molecule has 12 heteroatoms. The molecule has 0 spiro atoms. The van der Waals surface area contributed by atoms with Gasteiger partial charge < -0.3 is 24.3 Å². The zero-order chi connectivity index (χ0) is 20.3. The van der Waals surface area contributed by atoms with Crippen LogP contribution in [0, 0.1) is 0 Å². The Balaban J connectivity index is 1.66. The van der Waals surface area contributed by atoms with Gasteiger partial charge in [-0.3, -0.25) is 9.36 Å². The summed E-state index contributed by atoms with van der Waals surface area (Å²) in [7, 11) is -2.00. The Labute approximate surface area is 162 Å². The maximum absolute atomic E-state index is 13.3. The molecule has 11 nitrogen and oxygen atoms in total. The Kier molecular flexibility index (Phi) is 6.29. The van der Waals surface area contributed by atoms with Crippen molar-refractivity contribution in [1.82, 2.24) is 24.2 Å². The first-order chi connectivity index (χ1) is 13.4. The van der Waals surface area contributed by atoms with Gasteiger partial charge in [0.2, 0.25) is 0 Å². The summed E-state index contributed by atoms with van der Waals surface area (Å²) in [6.45, 7) is 4.77. The zero-order valence-corrected chi connectivity index (χ0v) is 17.0. The Morgan fingerprint density at radius 1 is 1.39 bits per heavy atom. The molecule has 0 amide bonds. The van der Waals surface area contributed by atoms with Gasteiger partial charge in [-0.15, -0.1) is 0 Å². The fourth-order valence-electron chi connectivity index (χ4n) is 3.10. The van der Waals surface area contributed by atoms with Gasteiger partial charge in [-0.1, -0.05) is 0 Å². The van der Waals surface area contributed by atoms with Crippen molar-refractivity contribution in [2.75, 3.05) is 32.3 Å². The SMILES string of the molecule is COC(=O)[C@H](C)N1CCCO[P@]1(=O)CO[C@H](C)Cn1cnc2c(N)ncnc21. The van der Waals surface area contributed by atoms with Crippen molar-refractivity contribution in [3.63, 3.8) is 0 Å². The molecule has 1 aliphatic heterocycles. The molecular formula is C16H25N6O5P. The lowest BCUT2D eigenvalue weighted by Gasteiger charge is -2.37. The van der Waals surface area contributed by atoms with E-state index in [9.17, 15) is 9.36 Å². The maximum atomic E-state index is 13.3. The third kappa shape index (κ3) is 4.17. The third-order valence-electron chi connectivity index (χ3n) is 4.61. The van der Waals surface area contributed by atoms with Crippen LogP contribution in [-0.2, 0) is 29.9 Å². The molecule has 3 atom stereocenters. The normalized spacial score (nSPS) is 22.8. The molecule has 2 aromatic rings. The van der Waals surface area contributed by atoms with E-state index in [1.807, 2.05) is 6.92 Å². The van der Waals surface area contributed by atoms with Gasteiger partial charge in [0, 0.05) is 6.54 Å². The number of nitrogens with zero attached hydrogens (tertiary/aromatic N) is 5. The number of anilines is 1. The Morgan fingerprint density at radius 3 is 2.93 bits per heavy atom. The van der Waals surface area contributed by atoms with E-state index in [1.165, 1.54) is 13.4 Å². The van der Waals surface area contributed by atoms with Crippen LogP contribution in [0.5, 0.6) is 0 Å². The first-order valence-electron chi connectivity index (χ1n) is 8.97. The van der Waals surface area contributed by atoms with Gasteiger partial charge in [0.1, 0.15) is 24.2 Å². The van der Waals surface area contributed by atoms with Crippen molar-refractivity contribution in [2.45, 2.75) is 39.0 Å². The minimum absolute atomic E-state index is 0.126. The van der Waals surface area contributed by atoms with Gasteiger partial charge >= 0.3 is 5.97 Å². The second-order valence-corrected chi connectivity index (χ2v) is 8.93. The number of hydrogen-bond acceptors (Lipinski definition) is 9. The number of carbonyl (C=O) groups is 1. The number of rotatable bonds is 7. The van der Waals surface area contributed by atoms with Gasteiger partial charge in [0.05, 0.1) is 32.7 Å². The van der Waals surface area contributed by atoms with E-state index in [0.717, 1.165) is 0 Å². The van der Waals surface area contributed by atoms with Gasteiger partial charge in [-0.2, -0.15) is 0 Å². The number of hydrogen-bond donors (Lipinski definition) is 1. The molecule has 154 valence electrons. The lowest BCUT2D eigenvalue weighted by molar-refractivity contribution is -0.145. The van der Waals surface area contributed by atoms with Crippen LogP contribution >= 0.6 is 7.52 Å². The molecule has 1 fully saturated rings. The van der Waals surface area contributed by atoms with Crippen LogP contribution < -0.4 is 5.73 Å². The first-order valence-corrected chi connectivity index (χ1v) is 10.7. The fourth-order valence-corrected chi connectivity index (χ4v) is 5.40. The highest BCUT2D eigenvalue weighted by Crippen LogP contribution is 2.54. The maximum Gasteiger partial charge on any atom is 0.323 e. The summed E-state index contributed by atoms with van der Waals surface area (Å²) >= 11 is 0. The number of imidazole rings is 1. The Bertz CT molecular complexity index is 890. The minimum atomic E-state index is -3.31. The number of esters is 1. The van der Waals surface area contributed by atoms with Gasteiger partial charge in [-0.25, -0.2) is 19.6 Å². The van der Waals surface area contributed by atoms with E-state index < -0.39 is 19.5 Å². The van der Waals surface area contributed by atoms with Crippen molar-refractivity contribution < 1.29 is 23.4 Å². The molecular weight excluding hydrogens is 387 g/mol.